The van der Waals surface area contributed by atoms with Crippen molar-refractivity contribution in [3.8, 4) is 0 Å². The van der Waals surface area contributed by atoms with Crippen molar-refractivity contribution in [2.45, 2.75) is 65.4 Å². The second-order valence-electron chi connectivity index (χ2n) is 10.2. The Bertz CT molecular complexity index is 693. The predicted molar refractivity (Wildman–Crippen MR) is 94.6 cm³/mol. The SMILES string of the molecule is CC(=O)[C@H]1CC[C@H]2[C@@H]3C(O)C4CC5CC(=O)C=C4[C@@]5(C)[C@H]3CC[C@]12C. The molecule has 4 bridgehead atoms. The van der Waals surface area contributed by atoms with Gasteiger partial charge in [0.15, 0.2) is 5.78 Å². The molecule has 0 aromatic rings. The van der Waals surface area contributed by atoms with Crippen LogP contribution >= 0.6 is 0 Å². The standard InChI is InChI=1S/C22H30O3/c1-11(23)15-4-5-16-19-17(6-7-21(15,16)2)22(3)12-8-13(24)10-18(22)14(9-12)20(19)25/h10,12,14-17,19-20,25H,4-9H2,1-3H3/t12?,14?,15-,16+,17+,19+,20?,21-,22-/m1/s1. The van der Waals surface area contributed by atoms with E-state index in [1.165, 1.54) is 5.57 Å². The van der Waals surface area contributed by atoms with Crippen LogP contribution < -0.4 is 0 Å². The minimum Gasteiger partial charge on any atom is -0.392 e. The molecule has 3 unspecified atom stereocenters. The highest BCUT2D eigenvalue weighted by molar-refractivity contribution is 5.92. The van der Waals surface area contributed by atoms with E-state index in [0.29, 0.717) is 35.9 Å². The molecule has 3 heteroatoms. The molecule has 0 aromatic heterocycles. The van der Waals surface area contributed by atoms with Gasteiger partial charge in [-0.3, -0.25) is 9.59 Å². The normalized spacial score (nSPS) is 56.2. The van der Waals surface area contributed by atoms with E-state index in [4.69, 9.17) is 0 Å². The van der Waals surface area contributed by atoms with E-state index in [0.717, 1.165) is 32.1 Å². The Balaban J connectivity index is 1.59. The molecule has 0 radical (unpaired) electrons. The lowest BCUT2D eigenvalue weighted by Crippen LogP contribution is -2.56. The van der Waals surface area contributed by atoms with E-state index >= 15 is 0 Å². The maximum Gasteiger partial charge on any atom is 0.155 e. The second kappa shape index (κ2) is 4.85. The van der Waals surface area contributed by atoms with Crippen molar-refractivity contribution in [1.29, 1.82) is 0 Å². The average Bonchev–Trinajstić information content (AvgIpc) is 2.91. The van der Waals surface area contributed by atoms with Gasteiger partial charge in [0.25, 0.3) is 0 Å². The number of aliphatic hydroxyl groups is 1. The Hall–Kier alpha value is -0.960. The Morgan fingerprint density at radius 2 is 1.96 bits per heavy atom. The van der Waals surface area contributed by atoms with Gasteiger partial charge in [0.05, 0.1) is 6.10 Å². The van der Waals surface area contributed by atoms with Gasteiger partial charge in [0, 0.05) is 18.3 Å². The molecule has 4 fully saturated rings. The first-order valence-electron chi connectivity index (χ1n) is 10.2. The fourth-order valence-electron chi connectivity index (χ4n) is 8.49. The number of rotatable bonds is 1. The molecule has 5 rings (SSSR count). The van der Waals surface area contributed by atoms with Crippen LogP contribution in [0.15, 0.2) is 11.6 Å². The minimum absolute atomic E-state index is 0.0699. The molecule has 9 atom stereocenters. The van der Waals surface area contributed by atoms with Crippen molar-refractivity contribution < 1.29 is 14.7 Å². The molecule has 1 N–H and O–H groups in total. The zero-order valence-corrected chi connectivity index (χ0v) is 15.6. The number of carbonyl (C=O) groups is 2. The molecule has 4 saturated carbocycles. The first-order valence-corrected chi connectivity index (χ1v) is 10.2. The smallest absolute Gasteiger partial charge is 0.155 e. The summed E-state index contributed by atoms with van der Waals surface area (Å²) in [5.41, 5.74) is 1.45. The van der Waals surface area contributed by atoms with Crippen molar-refractivity contribution in [3.05, 3.63) is 11.6 Å². The number of carbonyl (C=O) groups excluding carboxylic acids is 2. The van der Waals surface area contributed by atoms with E-state index < -0.39 is 0 Å². The van der Waals surface area contributed by atoms with Gasteiger partial charge in [0.2, 0.25) is 0 Å². The van der Waals surface area contributed by atoms with Crippen LogP contribution in [0.2, 0.25) is 0 Å². The summed E-state index contributed by atoms with van der Waals surface area (Å²) in [5, 5.41) is 11.4. The van der Waals surface area contributed by atoms with Gasteiger partial charge in [-0.05, 0) is 79.6 Å². The molecule has 0 heterocycles. The van der Waals surface area contributed by atoms with Crippen LogP contribution in [0.5, 0.6) is 0 Å². The maximum atomic E-state index is 12.2. The maximum absolute atomic E-state index is 12.2. The molecular weight excluding hydrogens is 312 g/mol. The van der Waals surface area contributed by atoms with E-state index in [1.807, 2.05) is 6.08 Å². The van der Waals surface area contributed by atoms with Gasteiger partial charge < -0.3 is 5.11 Å². The molecule has 3 nitrogen and oxygen atoms in total. The van der Waals surface area contributed by atoms with Crippen LogP contribution in [-0.4, -0.2) is 22.8 Å². The van der Waals surface area contributed by atoms with Crippen LogP contribution in [0.3, 0.4) is 0 Å². The highest BCUT2D eigenvalue weighted by Gasteiger charge is 2.68. The molecule has 0 aromatic carbocycles. The van der Waals surface area contributed by atoms with Crippen molar-refractivity contribution in [2.75, 3.05) is 0 Å². The number of fused-ring (bicyclic) bond motifs is 3. The lowest BCUT2D eigenvalue weighted by atomic mass is 9.46. The number of hydrogen-bond donors (Lipinski definition) is 1. The summed E-state index contributed by atoms with van der Waals surface area (Å²) >= 11 is 0. The molecule has 5 aliphatic carbocycles. The molecular formula is C22H30O3. The van der Waals surface area contributed by atoms with E-state index in [9.17, 15) is 14.7 Å². The quantitative estimate of drug-likeness (QED) is 0.793. The predicted octanol–water partition coefficient (Wildman–Crippen LogP) is 3.55. The number of aliphatic hydroxyl groups excluding tert-OH is 1. The third-order valence-electron chi connectivity index (χ3n) is 9.57. The third kappa shape index (κ3) is 1.76. The van der Waals surface area contributed by atoms with Gasteiger partial charge in [-0.25, -0.2) is 0 Å². The third-order valence-corrected chi connectivity index (χ3v) is 9.57. The van der Waals surface area contributed by atoms with Gasteiger partial charge in [0.1, 0.15) is 5.78 Å². The average molecular weight is 342 g/mol. The molecule has 0 amide bonds. The molecule has 25 heavy (non-hydrogen) atoms. The van der Waals surface area contributed by atoms with Crippen molar-refractivity contribution >= 4 is 11.6 Å². The van der Waals surface area contributed by atoms with Crippen LogP contribution in [0.4, 0.5) is 0 Å². The Labute approximate surface area is 150 Å². The summed E-state index contributed by atoms with van der Waals surface area (Å²) in [6, 6.07) is 0. The zero-order chi connectivity index (χ0) is 17.7. The lowest BCUT2D eigenvalue weighted by Gasteiger charge is -2.59. The summed E-state index contributed by atoms with van der Waals surface area (Å²) in [4.78, 5) is 24.4. The molecule has 136 valence electrons. The van der Waals surface area contributed by atoms with Crippen LogP contribution in [0, 0.1) is 46.3 Å². The summed E-state index contributed by atoms with van der Waals surface area (Å²) in [7, 11) is 0. The van der Waals surface area contributed by atoms with Crippen LogP contribution in [-0.2, 0) is 9.59 Å². The first kappa shape index (κ1) is 16.2. The molecule has 0 aliphatic heterocycles. The molecule has 5 aliphatic rings. The number of hydrogen-bond acceptors (Lipinski definition) is 3. The summed E-state index contributed by atoms with van der Waals surface area (Å²) in [5.74, 6) is 2.65. The van der Waals surface area contributed by atoms with Gasteiger partial charge in [-0.2, -0.15) is 0 Å². The van der Waals surface area contributed by atoms with Crippen molar-refractivity contribution in [3.63, 3.8) is 0 Å². The molecule has 0 saturated heterocycles. The Morgan fingerprint density at radius 3 is 2.68 bits per heavy atom. The summed E-state index contributed by atoms with van der Waals surface area (Å²) in [6.45, 7) is 6.47. The van der Waals surface area contributed by atoms with Crippen LogP contribution in [0.25, 0.3) is 0 Å². The van der Waals surface area contributed by atoms with Gasteiger partial charge in [-0.1, -0.05) is 19.4 Å². The highest BCUT2D eigenvalue weighted by atomic mass is 16.3. The Morgan fingerprint density at radius 1 is 1.20 bits per heavy atom. The fourth-order valence-corrected chi connectivity index (χ4v) is 8.49. The fraction of sp³-hybridized carbons (Fsp3) is 0.818. The minimum atomic E-state index is -0.324. The highest BCUT2D eigenvalue weighted by Crippen LogP contribution is 2.72. The monoisotopic (exact) mass is 342 g/mol. The molecule has 0 spiro atoms. The van der Waals surface area contributed by atoms with Crippen molar-refractivity contribution in [2.24, 2.45) is 46.3 Å². The van der Waals surface area contributed by atoms with Crippen molar-refractivity contribution in [1.82, 2.24) is 0 Å². The number of Topliss-reactive ketones (excluding diaryl/α,β-unsaturated/α-hetero) is 1. The summed E-state index contributed by atoms with van der Waals surface area (Å²) < 4.78 is 0. The topological polar surface area (TPSA) is 54.4 Å². The summed E-state index contributed by atoms with van der Waals surface area (Å²) in [6.07, 6.45) is 7.52. The van der Waals surface area contributed by atoms with E-state index in [-0.39, 0.29) is 34.6 Å². The van der Waals surface area contributed by atoms with Gasteiger partial charge in [-0.15, -0.1) is 0 Å². The van der Waals surface area contributed by atoms with E-state index in [1.54, 1.807) is 6.92 Å². The second-order valence-corrected chi connectivity index (χ2v) is 10.2. The Kier molecular flexibility index (Phi) is 3.15. The first-order chi connectivity index (χ1) is 11.8. The van der Waals surface area contributed by atoms with E-state index in [2.05, 4.69) is 13.8 Å². The lowest BCUT2D eigenvalue weighted by molar-refractivity contribution is -0.136. The van der Waals surface area contributed by atoms with Crippen LogP contribution in [0.1, 0.15) is 59.3 Å². The van der Waals surface area contributed by atoms with Gasteiger partial charge >= 0.3 is 0 Å². The zero-order valence-electron chi connectivity index (χ0n) is 15.6. The number of ketones is 2. The largest absolute Gasteiger partial charge is 0.392 e.